The van der Waals surface area contributed by atoms with Crippen LogP contribution in [0.4, 0.5) is 5.82 Å². The highest BCUT2D eigenvalue weighted by molar-refractivity contribution is 6.32. The van der Waals surface area contributed by atoms with Crippen LogP contribution in [-0.2, 0) is 4.79 Å². The van der Waals surface area contributed by atoms with Crippen LogP contribution in [-0.4, -0.2) is 28.7 Å². The largest absolute Gasteiger partial charge is 0.368 e. The molecule has 0 radical (unpaired) electrons. The average Bonchev–Trinajstić information content (AvgIpc) is 2.14. The van der Waals surface area contributed by atoms with Gasteiger partial charge in [-0.15, -0.1) is 0 Å². The molecule has 0 saturated heterocycles. The minimum absolute atomic E-state index is 0.0296. The Morgan fingerprint density at radius 2 is 2.36 bits per heavy atom. The van der Waals surface area contributed by atoms with E-state index in [2.05, 4.69) is 15.3 Å². The van der Waals surface area contributed by atoms with Gasteiger partial charge in [0.15, 0.2) is 6.29 Å². The molecule has 14 heavy (non-hydrogen) atoms. The van der Waals surface area contributed by atoms with Gasteiger partial charge in [0.2, 0.25) is 5.91 Å². The number of amides is 1. The summed E-state index contributed by atoms with van der Waals surface area (Å²) in [5, 5.41) is 2.59. The quantitative estimate of drug-likeness (QED) is 0.536. The summed E-state index contributed by atoms with van der Waals surface area (Å²) in [4.78, 5) is 28.4. The highest BCUT2D eigenvalue weighted by Crippen LogP contribution is 2.16. The van der Waals surface area contributed by atoms with E-state index in [0.717, 1.165) is 0 Å². The van der Waals surface area contributed by atoms with Crippen molar-refractivity contribution >= 4 is 29.6 Å². The average molecular weight is 215 g/mol. The first-order chi connectivity index (χ1) is 6.65. The van der Waals surface area contributed by atoms with Crippen LogP contribution in [0.5, 0.6) is 0 Å². The van der Waals surface area contributed by atoms with Gasteiger partial charge >= 0.3 is 0 Å². The van der Waals surface area contributed by atoms with E-state index in [4.69, 9.17) is 17.3 Å². The lowest BCUT2D eigenvalue weighted by molar-refractivity contribution is -0.116. The van der Waals surface area contributed by atoms with E-state index >= 15 is 0 Å². The Hall–Kier alpha value is -1.69. The molecule has 0 unspecified atom stereocenters. The number of aromatic nitrogens is 2. The molecule has 1 aromatic heterocycles. The minimum Gasteiger partial charge on any atom is -0.368 e. The standard InChI is InChI=1S/C7H7ClN4O2/c8-6-4(2-13)7(12-3-11-6)10-1-5(9)14/h2-3H,1H2,(H2,9,14)(H,10,11,12). The third-order valence-corrected chi connectivity index (χ3v) is 1.68. The zero-order chi connectivity index (χ0) is 10.6. The molecule has 0 aliphatic rings. The zero-order valence-electron chi connectivity index (χ0n) is 7.03. The van der Waals surface area contributed by atoms with Crippen molar-refractivity contribution in [1.82, 2.24) is 9.97 Å². The van der Waals surface area contributed by atoms with Gasteiger partial charge < -0.3 is 11.1 Å². The number of primary amides is 1. The lowest BCUT2D eigenvalue weighted by Gasteiger charge is -2.05. The van der Waals surface area contributed by atoms with Gasteiger partial charge in [0.1, 0.15) is 17.3 Å². The number of nitrogens with one attached hydrogen (secondary N) is 1. The van der Waals surface area contributed by atoms with Crippen LogP contribution in [0.3, 0.4) is 0 Å². The van der Waals surface area contributed by atoms with E-state index in [1.807, 2.05) is 0 Å². The van der Waals surface area contributed by atoms with E-state index < -0.39 is 5.91 Å². The normalized spacial score (nSPS) is 9.50. The number of aldehydes is 1. The Morgan fingerprint density at radius 1 is 1.64 bits per heavy atom. The van der Waals surface area contributed by atoms with Crippen molar-refractivity contribution in [1.29, 1.82) is 0 Å². The molecule has 74 valence electrons. The lowest BCUT2D eigenvalue weighted by atomic mass is 10.3. The van der Waals surface area contributed by atoms with Gasteiger partial charge in [0, 0.05) is 0 Å². The lowest BCUT2D eigenvalue weighted by Crippen LogP contribution is -2.22. The second-order valence-electron chi connectivity index (χ2n) is 2.36. The van der Waals surface area contributed by atoms with E-state index in [-0.39, 0.29) is 23.1 Å². The second kappa shape index (κ2) is 4.52. The first-order valence-electron chi connectivity index (χ1n) is 3.63. The molecule has 0 atom stereocenters. The molecule has 1 amide bonds. The summed E-state index contributed by atoms with van der Waals surface area (Å²) < 4.78 is 0. The molecule has 7 heteroatoms. The van der Waals surface area contributed by atoms with Crippen molar-refractivity contribution in [3.8, 4) is 0 Å². The van der Waals surface area contributed by atoms with Crippen LogP contribution in [0.2, 0.25) is 5.15 Å². The number of nitrogens with zero attached hydrogens (tertiary/aromatic N) is 2. The molecule has 0 aromatic carbocycles. The summed E-state index contributed by atoms with van der Waals surface area (Å²) in [6, 6.07) is 0. The summed E-state index contributed by atoms with van der Waals surface area (Å²) in [7, 11) is 0. The van der Waals surface area contributed by atoms with Crippen LogP contribution in [0.15, 0.2) is 6.33 Å². The fraction of sp³-hybridized carbons (Fsp3) is 0.143. The predicted octanol–water partition coefficient (Wildman–Crippen LogP) is -0.160. The van der Waals surface area contributed by atoms with Crippen molar-refractivity contribution in [3.63, 3.8) is 0 Å². The molecule has 0 bridgehead atoms. The first-order valence-corrected chi connectivity index (χ1v) is 4.00. The molecule has 0 fully saturated rings. The molecular formula is C7H7ClN4O2. The van der Waals surface area contributed by atoms with Gasteiger partial charge in [-0.1, -0.05) is 11.6 Å². The molecule has 1 heterocycles. The summed E-state index contributed by atoms with van der Waals surface area (Å²) >= 11 is 5.61. The molecule has 1 aromatic rings. The van der Waals surface area contributed by atoms with Gasteiger partial charge in [0.25, 0.3) is 0 Å². The number of carbonyl (C=O) groups excluding carboxylic acids is 2. The van der Waals surface area contributed by atoms with Crippen molar-refractivity contribution in [2.24, 2.45) is 5.73 Å². The Bertz CT molecular complexity index is 369. The Kier molecular flexibility index (Phi) is 3.35. The Labute approximate surface area is 84.5 Å². The van der Waals surface area contributed by atoms with Gasteiger partial charge in [-0.25, -0.2) is 9.97 Å². The zero-order valence-corrected chi connectivity index (χ0v) is 7.78. The van der Waals surface area contributed by atoms with Crippen molar-refractivity contribution in [2.45, 2.75) is 0 Å². The van der Waals surface area contributed by atoms with Crippen LogP contribution in [0.25, 0.3) is 0 Å². The molecule has 0 spiro atoms. The van der Waals surface area contributed by atoms with E-state index in [9.17, 15) is 9.59 Å². The number of anilines is 1. The van der Waals surface area contributed by atoms with Gasteiger partial charge in [0.05, 0.1) is 12.1 Å². The summed E-state index contributed by atoms with van der Waals surface area (Å²) in [5.41, 5.74) is 5.01. The number of halogens is 1. The van der Waals surface area contributed by atoms with Crippen LogP contribution in [0, 0.1) is 0 Å². The molecule has 6 nitrogen and oxygen atoms in total. The number of nitrogens with two attached hydrogens (primary N) is 1. The van der Waals surface area contributed by atoms with Crippen molar-refractivity contribution < 1.29 is 9.59 Å². The van der Waals surface area contributed by atoms with E-state index in [0.29, 0.717) is 6.29 Å². The molecule has 3 N–H and O–H groups in total. The third kappa shape index (κ3) is 2.40. The molecular weight excluding hydrogens is 208 g/mol. The summed E-state index contributed by atoms with van der Waals surface area (Å²) in [5.74, 6) is -0.365. The van der Waals surface area contributed by atoms with Gasteiger partial charge in [-0.2, -0.15) is 0 Å². The Balaban J connectivity index is 2.90. The number of carbonyl (C=O) groups is 2. The summed E-state index contributed by atoms with van der Waals surface area (Å²) in [6.07, 6.45) is 1.68. The van der Waals surface area contributed by atoms with Crippen LogP contribution >= 0.6 is 11.6 Å². The monoisotopic (exact) mass is 214 g/mol. The number of rotatable bonds is 4. The molecule has 1 rings (SSSR count). The Morgan fingerprint density at radius 3 is 2.93 bits per heavy atom. The van der Waals surface area contributed by atoms with E-state index in [1.165, 1.54) is 6.33 Å². The van der Waals surface area contributed by atoms with Crippen molar-refractivity contribution in [3.05, 3.63) is 17.0 Å². The smallest absolute Gasteiger partial charge is 0.236 e. The minimum atomic E-state index is -0.559. The van der Waals surface area contributed by atoms with Crippen LogP contribution in [0.1, 0.15) is 10.4 Å². The molecule has 0 aliphatic heterocycles. The van der Waals surface area contributed by atoms with Crippen LogP contribution < -0.4 is 11.1 Å². The SMILES string of the molecule is NC(=O)CNc1ncnc(Cl)c1C=O. The van der Waals surface area contributed by atoms with Gasteiger partial charge in [-0.05, 0) is 0 Å². The molecule has 0 saturated carbocycles. The van der Waals surface area contributed by atoms with E-state index in [1.54, 1.807) is 0 Å². The topological polar surface area (TPSA) is 98.0 Å². The number of hydrogen-bond acceptors (Lipinski definition) is 5. The maximum absolute atomic E-state index is 10.6. The fourth-order valence-electron chi connectivity index (χ4n) is 0.790. The second-order valence-corrected chi connectivity index (χ2v) is 2.72. The highest BCUT2D eigenvalue weighted by Gasteiger charge is 2.08. The maximum Gasteiger partial charge on any atom is 0.236 e. The molecule has 0 aliphatic carbocycles. The maximum atomic E-state index is 10.6. The highest BCUT2D eigenvalue weighted by atomic mass is 35.5. The first kappa shape index (κ1) is 10.4. The third-order valence-electron chi connectivity index (χ3n) is 1.38. The van der Waals surface area contributed by atoms with Gasteiger partial charge in [-0.3, -0.25) is 9.59 Å². The predicted molar refractivity (Wildman–Crippen MR) is 50.1 cm³/mol. The summed E-state index contributed by atoms with van der Waals surface area (Å²) in [6.45, 7) is -0.117. The number of hydrogen-bond donors (Lipinski definition) is 2. The fourth-order valence-corrected chi connectivity index (χ4v) is 0.968. The van der Waals surface area contributed by atoms with Crippen molar-refractivity contribution in [2.75, 3.05) is 11.9 Å².